The van der Waals surface area contributed by atoms with E-state index in [0.717, 1.165) is 23.9 Å². The van der Waals surface area contributed by atoms with Crippen molar-refractivity contribution in [3.63, 3.8) is 0 Å². The Morgan fingerprint density at radius 3 is 2.61 bits per heavy atom. The lowest BCUT2D eigenvalue weighted by molar-refractivity contribution is -0.146. The predicted octanol–water partition coefficient (Wildman–Crippen LogP) is 3.37. The zero-order valence-electron chi connectivity index (χ0n) is 16.7. The number of pyridine rings is 1. The number of ketones is 1. The molecule has 0 amide bonds. The van der Waals surface area contributed by atoms with Gasteiger partial charge in [-0.05, 0) is 48.9 Å². The highest BCUT2D eigenvalue weighted by Gasteiger charge is 2.36. The number of carbonyl (C=O) groups is 2. The normalized spacial score (nSPS) is 21.4. The molecule has 5 rings (SSSR count). The molecule has 1 aromatic carbocycles. The van der Waals surface area contributed by atoms with Crippen LogP contribution in [-0.2, 0) is 4.79 Å². The molecule has 0 radical (unpaired) electrons. The van der Waals surface area contributed by atoms with E-state index < -0.39 is 18.0 Å². The van der Waals surface area contributed by atoms with Gasteiger partial charge in [0, 0.05) is 24.8 Å². The van der Waals surface area contributed by atoms with Crippen molar-refractivity contribution in [2.45, 2.75) is 31.3 Å². The number of rotatable bonds is 5. The van der Waals surface area contributed by atoms with Crippen LogP contribution in [0, 0.1) is 5.92 Å². The molecule has 3 aromatic rings. The van der Waals surface area contributed by atoms with Gasteiger partial charge in [0.05, 0.1) is 22.6 Å². The number of benzene rings is 1. The molecule has 1 saturated carbocycles. The zero-order valence-corrected chi connectivity index (χ0v) is 17.5. The van der Waals surface area contributed by atoms with Crippen LogP contribution in [0.3, 0.4) is 0 Å². The number of carbonyl (C=O) groups excluding carboxylic acids is 1. The van der Waals surface area contributed by atoms with E-state index in [1.807, 2.05) is 35.2 Å². The SMILES string of the molecule is O=C(c1c(Cl)cccc1C1CC1)c1nc(N2CC[C@@H](C(=O)O)[C@H](O)C2)c2ccccn12. The lowest BCUT2D eigenvalue weighted by Gasteiger charge is -2.34. The van der Waals surface area contributed by atoms with Crippen molar-refractivity contribution < 1.29 is 19.8 Å². The van der Waals surface area contributed by atoms with E-state index in [2.05, 4.69) is 4.98 Å². The van der Waals surface area contributed by atoms with Crippen LogP contribution < -0.4 is 4.90 Å². The van der Waals surface area contributed by atoms with Gasteiger partial charge in [-0.25, -0.2) is 4.98 Å². The fourth-order valence-corrected chi connectivity index (χ4v) is 4.72. The van der Waals surface area contributed by atoms with E-state index in [1.165, 1.54) is 0 Å². The number of imidazole rings is 1. The molecule has 3 heterocycles. The number of hydrogen-bond acceptors (Lipinski definition) is 5. The number of carboxylic acids is 1. The smallest absolute Gasteiger partial charge is 0.309 e. The highest BCUT2D eigenvalue weighted by atomic mass is 35.5. The molecule has 1 aliphatic heterocycles. The summed E-state index contributed by atoms with van der Waals surface area (Å²) in [7, 11) is 0. The molecule has 0 bridgehead atoms. The zero-order chi connectivity index (χ0) is 21.7. The van der Waals surface area contributed by atoms with E-state index in [9.17, 15) is 19.8 Å². The molecule has 2 aromatic heterocycles. The minimum atomic E-state index is -1.00. The van der Waals surface area contributed by atoms with E-state index in [-0.39, 0.29) is 18.2 Å². The van der Waals surface area contributed by atoms with Crippen LogP contribution in [0.5, 0.6) is 0 Å². The number of fused-ring (bicyclic) bond motifs is 1. The standard InChI is InChI=1S/C23H22ClN3O4/c24-16-5-3-4-14(13-7-8-13)19(16)20(29)22-25-21(17-6-1-2-10-27(17)22)26-11-9-15(23(30)31)18(28)12-26/h1-6,10,13,15,18,28H,7-9,11-12H2,(H,30,31)/t15-,18-/m1/s1. The number of halogens is 1. The van der Waals surface area contributed by atoms with Gasteiger partial charge in [0.2, 0.25) is 5.78 Å². The van der Waals surface area contributed by atoms with Crippen molar-refractivity contribution in [1.82, 2.24) is 9.38 Å². The molecule has 2 atom stereocenters. The monoisotopic (exact) mass is 439 g/mol. The summed E-state index contributed by atoms with van der Waals surface area (Å²) in [6.45, 7) is 0.578. The average Bonchev–Trinajstić information content (AvgIpc) is 3.53. The van der Waals surface area contributed by atoms with Crippen LogP contribution in [0.1, 0.15) is 46.9 Å². The number of aliphatic hydroxyl groups is 1. The average molecular weight is 440 g/mol. The Morgan fingerprint density at radius 1 is 1.10 bits per heavy atom. The molecule has 31 heavy (non-hydrogen) atoms. The highest BCUT2D eigenvalue weighted by Crippen LogP contribution is 2.43. The Balaban J connectivity index is 1.57. The number of anilines is 1. The number of piperidine rings is 1. The van der Waals surface area contributed by atoms with Crippen molar-refractivity contribution in [3.05, 3.63) is 64.6 Å². The van der Waals surface area contributed by atoms with Crippen molar-refractivity contribution in [1.29, 1.82) is 0 Å². The van der Waals surface area contributed by atoms with Crippen molar-refractivity contribution in [3.8, 4) is 0 Å². The Bertz CT molecular complexity index is 1190. The van der Waals surface area contributed by atoms with E-state index in [4.69, 9.17) is 11.6 Å². The minimum absolute atomic E-state index is 0.144. The number of carboxylic acid groups (broad SMARTS) is 1. The predicted molar refractivity (Wildman–Crippen MR) is 116 cm³/mol. The van der Waals surface area contributed by atoms with Gasteiger partial charge in [-0.3, -0.25) is 14.0 Å². The molecule has 1 saturated heterocycles. The highest BCUT2D eigenvalue weighted by molar-refractivity contribution is 6.35. The summed E-state index contributed by atoms with van der Waals surface area (Å²) >= 11 is 6.46. The summed E-state index contributed by atoms with van der Waals surface area (Å²) in [5.74, 6) is -0.851. The van der Waals surface area contributed by atoms with Gasteiger partial charge in [0.15, 0.2) is 11.6 Å². The first-order valence-electron chi connectivity index (χ1n) is 10.4. The van der Waals surface area contributed by atoms with Crippen LogP contribution in [0.2, 0.25) is 5.02 Å². The van der Waals surface area contributed by atoms with Gasteiger partial charge in [-0.1, -0.05) is 29.8 Å². The second-order valence-electron chi connectivity index (χ2n) is 8.27. The lowest BCUT2D eigenvalue weighted by atomic mass is 9.94. The summed E-state index contributed by atoms with van der Waals surface area (Å²) in [6, 6.07) is 11.1. The number of aliphatic hydroxyl groups excluding tert-OH is 1. The quantitative estimate of drug-likeness (QED) is 0.592. The van der Waals surface area contributed by atoms with Crippen LogP contribution in [0.4, 0.5) is 5.82 Å². The number of nitrogens with zero attached hydrogens (tertiary/aromatic N) is 3. The topological polar surface area (TPSA) is 95.1 Å². The first kappa shape index (κ1) is 20.0. The van der Waals surface area contributed by atoms with Gasteiger partial charge in [0.25, 0.3) is 0 Å². The molecule has 2 aliphatic rings. The summed E-state index contributed by atoms with van der Waals surface area (Å²) in [5.41, 5.74) is 2.19. The van der Waals surface area contributed by atoms with Crippen LogP contribution in [0.25, 0.3) is 5.52 Å². The maximum absolute atomic E-state index is 13.6. The van der Waals surface area contributed by atoms with E-state index >= 15 is 0 Å². The van der Waals surface area contributed by atoms with Gasteiger partial charge in [-0.15, -0.1) is 0 Å². The summed E-state index contributed by atoms with van der Waals surface area (Å²) in [5, 5.41) is 20.0. The fourth-order valence-electron chi connectivity index (χ4n) is 4.45. The summed E-state index contributed by atoms with van der Waals surface area (Å²) in [6.07, 6.45) is 3.18. The molecule has 2 fully saturated rings. The second-order valence-corrected chi connectivity index (χ2v) is 8.68. The third kappa shape index (κ3) is 3.47. The van der Waals surface area contributed by atoms with Crippen molar-refractivity contribution in [2.75, 3.05) is 18.0 Å². The summed E-state index contributed by atoms with van der Waals surface area (Å²) < 4.78 is 1.74. The molecule has 8 heteroatoms. The number of aliphatic carboxylic acids is 1. The fraction of sp³-hybridized carbons (Fsp3) is 0.348. The van der Waals surface area contributed by atoms with Gasteiger partial charge in [-0.2, -0.15) is 0 Å². The molecule has 160 valence electrons. The first-order chi connectivity index (χ1) is 15.0. The molecule has 7 nitrogen and oxygen atoms in total. The van der Waals surface area contributed by atoms with Crippen molar-refractivity contribution in [2.24, 2.45) is 5.92 Å². The molecule has 1 aliphatic carbocycles. The molecule has 2 N–H and O–H groups in total. The van der Waals surface area contributed by atoms with Crippen LogP contribution in [-0.4, -0.2) is 50.5 Å². The molecular weight excluding hydrogens is 418 g/mol. The molecular formula is C23H22ClN3O4. The van der Waals surface area contributed by atoms with Gasteiger partial charge in [0.1, 0.15) is 0 Å². The Labute approximate surface area is 183 Å². The number of hydrogen-bond donors (Lipinski definition) is 2. The maximum atomic E-state index is 13.6. The van der Waals surface area contributed by atoms with E-state index in [1.54, 1.807) is 16.7 Å². The minimum Gasteiger partial charge on any atom is -0.481 e. The third-order valence-corrected chi connectivity index (χ3v) is 6.54. The largest absolute Gasteiger partial charge is 0.481 e. The number of aromatic nitrogens is 2. The van der Waals surface area contributed by atoms with Gasteiger partial charge < -0.3 is 15.1 Å². The summed E-state index contributed by atoms with van der Waals surface area (Å²) in [4.78, 5) is 31.5. The lowest BCUT2D eigenvalue weighted by Crippen LogP contribution is -2.46. The first-order valence-corrected chi connectivity index (χ1v) is 10.8. The second kappa shape index (κ2) is 7.66. The molecule has 0 unspecified atom stereocenters. The van der Waals surface area contributed by atoms with Crippen LogP contribution >= 0.6 is 11.6 Å². The molecule has 0 spiro atoms. The van der Waals surface area contributed by atoms with Crippen LogP contribution in [0.15, 0.2) is 42.6 Å². The Kier molecular flexibility index (Phi) is 4.95. The Hall–Kier alpha value is -2.90. The van der Waals surface area contributed by atoms with Crippen molar-refractivity contribution >= 4 is 34.7 Å². The maximum Gasteiger partial charge on any atom is 0.309 e. The third-order valence-electron chi connectivity index (χ3n) is 6.22. The number of β-amino-alcohol motifs (C(OH)–C–C–N with tert-alkyl or cyclic N) is 1. The van der Waals surface area contributed by atoms with E-state index in [0.29, 0.717) is 35.3 Å². The Morgan fingerprint density at radius 2 is 1.90 bits per heavy atom. The van der Waals surface area contributed by atoms with Gasteiger partial charge >= 0.3 is 5.97 Å².